The van der Waals surface area contributed by atoms with E-state index >= 15 is 0 Å². The first-order valence-corrected chi connectivity index (χ1v) is 8.17. The summed E-state index contributed by atoms with van der Waals surface area (Å²) in [4.78, 5) is 11.7. The molecule has 26 heavy (non-hydrogen) atoms. The fraction of sp³-hybridized carbons (Fsp3) is 0.929. The molecule has 0 radical (unpaired) electrons. The molecule has 9 atom stereocenters. The van der Waals surface area contributed by atoms with Crippen LogP contribution in [-0.2, 0) is 9.53 Å². The zero-order valence-corrected chi connectivity index (χ0v) is 14.0. The Bertz CT molecular complexity index is 440. The molecule has 9 unspecified atom stereocenters. The molecule has 12 heteroatoms. The predicted molar refractivity (Wildman–Crippen MR) is 84.5 cm³/mol. The van der Waals surface area contributed by atoms with E-state index < -0.39 is 67.4 Å². The summed E-state index contributed by atoms with van der Waals surface area (Å²) in [7, 11) is 0. The number of ether oxygens (including phenoxy) is 1. The van der Waals surface area contributed by atoms with Crippen LogP contribution < -0.4 is 11.1 Å². The summed E-state index contributed by atoms with van der Waals surface area (Å²) in [5.74, 6) is -1.01. The van der Waals surface area contributed by atoms with Gasteiger partial charge in [0, 0.05) is 6.54 Å². The van der Waals surface area contributed by atoms with E-state index in [1.54, 1.807) is 0 Å². The molecule has 1 amide bonds. The van der Waals surface area contributed by atoms with Crippen molar-refractivity contribution in [2.45, 2.75) is 61.4 Å². The van der Waals surface area contributed by atoms with Crippen molar-refractivity contribution in [3.05, 3.63) is 0 Å². The van der Waals surface area contributed by atoms with Crippen molar-refractivity contribution in [3.8, 4) is 0 Å². The van der Waals surface area contributed by atoms with Crippen LogP contribution in [0.5, 0.6) is 0 Å². The van der Waals surface area contributed by atoms with Crippen molar-refractivity contribution in [1.82, 2.24) is 5.32 Å². The minimum atomic E-state index is -2.15. The van der Waals surface area contributed by atoms with Gasteiger partial charge in [0.1, 0.15) is 48.8 Å². The number of hydrogen-bond donors (Lipinski definition) is 10. The van der Waals surface area contributed by atoms with Crippen LogP contribution in [0, 0.1) is 0 Å². The lowest BCUT2D eigenvalue weighted by atomic mass is 9.88. The Labute approximate surface area is 149 Å². The molecule has 0 saturated carbocycles. The third kappa shape index (κ3) is 5.29. The summed E-state index contributed by atoms with van der Waals surface area (Å²) >= 11 is 0. The highest BCUT2D eigenvalue weighted by Crippen LogP contribution is 2.25. The molecule has 0 aliphatic carbocycles. The first-order valence-electron chi connectivity index (χ1n) is 8.17. The zero-order valence-electron chi connectivity index (χ0n) is 14.0. The van der Waals surface area contributed by atoms with Crippen LogP contribution in [0.15, 0.2) is 0 Å². The Morgan fingerprint density at radius 2 is 1.65 bits per heavy atom. The maximum absolute atomic E-state index is 11.7. The minimum absolute atomic E-state index is 0.129. The summed E-state index contributed by atoms with van der Waals surface area (Å²) < 4.78 is 5.06. The van der Waals surface area contributed by atoms with Crippen LogP contribution in [0.1, 0.15) is 6.42 Å². The van der Waals surface area contributed by atoms with Gasteiger partial charge in [-0.25, -0.2) is 0 Å². The van der Waals surface area contributed by atoms with Gasteiger partial charge in [0.25, 0.3) is 5.91 Å². The van der Waals surface area contributed by atoms with Crippen molar-refractivity contribution in [2.75, 3.05) is 19.7 Å². The van der Waals surface area contributed by atoms with Crippen LogP contribution in [0.2, 0.25) is 0 Å². The molecule has 1 fully saturated rings. The second kappa shape index (κ2) is 10.4. The highest BCUT2D eigenvalue weighted by molar-refractivity contribution is 5.81. The van der Waals surface area contributed by atoms with Gasteiger partial charge in [-0.05, 0) is 13.0 Å². The number of nitrogens with one attached hydrogen (secondary N) is 1. The van der Waals surface area contributed by atoms with Gasteiger partial charge < -0.3 is 56.6 Å². The van der Waals surface area contributed by atoms with Crippen LogP contribution >= 0.6 is 0 Å². The van der Waals surface area contributed by atoms with Crippen molar-refractivity contribution in [3.63, 3.8) is 0 Å². The SMILES string of the molecule is NCCCNC(=O)C(O)C(O)C(O)C(O)C1OC(CO)C(O)C(O)C1O. The number of aliphatic hydroxyl groups is 8. The van der Waals surface area contributed by atoms with E-state index in [0.29, 0.717) is 6.42 Å². The number of amides is 1. The second-order valence-electron chi connectivity index (χ2n) is 6.14. The summed E-state index contributed by atoms with van der Waals surface area (Å²) in [5, 5.41) is 80.4. The monoisotopic (exact) mass is 384 g/mol. The van der Waals surface area contributed by atoms with E-state index in [2.05, 4.69) is 5.32 Å². The standard InChI is InChI=1S/C14H28N2O10/c15-2-1-3-16-14(25)12(24)9(21)8(20)11(23)13-10(22)7(19)6(18)5(4-17)26-13/h5-13,17-24H,1-4,15H2,(H,16,25). The number of nitrogens with two attached hydrogens (primary N) is 1. The topological polar surface area (TPSA) is 226 Å². The number of hydrogen-bond acceptors (Lipinski definition) is 11. The lowest BCUT2D eigenvalue weighted by molar-refractivity contribution is -0.263. The summed E-state index contributed by atoms with van der Waals surface area (Å²) in [5.41, 5.74) is 5.25. The van der Waals surface area contributed by atoms with E-state index in [0.717, 1.165) is 0 Å². The quantitative estimate of drug-likeness (QED) is 0.168. The maximum atomic E-state index is 11.7. The molecule has 1 rings (SSSR count). The average molecular weight is 384 g/mol. The summed E-state index contributed by atoms with van der Waals surface area (Å²) in [6.07, 6.45) is -16.4. The molecule has 0 aromatic rings. The maximum Gasteiger partial charge on any atom is 0.251 e. The molecular formula is C14H28N2O10. The van der Waals surface area contributed by atoms with E-state index in [9.17, 15) is 40.5 Å². The molecule has 154 valence electrons. The Balaban J connectivity index is 2.74. The first kappa shape index (κ1) is 23.1. The van der Waals surface area contributed by atoms with Gasteiger partial charge in [0.15, 0.2) is 6.10 Å². The fourth-order valence-corrected chi connectivity index (χ4v) is 2.57. The molecule has 1 heterocycles. The molecule has 0 bridgehead atoms. The third-order valence-electron chi connectivity index (χ3n) is 4.24. The highest BCUT2D eigenvalue weighted by Gasteiger charge is 2.49. The molecule has 0 aromatic heterocycles. The fourth-order valence-electron chi connectivity index (χ4n) is 2.57. The lowest BCUT2D eigenvalue weighted by Crippen LogP contribution is -2.64. The van der Waals surface area contributed by atoms with E-state index in [1.807, 2.05) is 0 Å². The molecular weight excluding hydrogens is 356 g/mol. The molecule has 1 aliphatic heterocycles. The Kier molecular flexibility index (Phi) is 9.26. The van der Waals surface area contributed by atoms with Crippen molar-refractivity contribution in [1.29, 1.82) is 0 Å². The Morgan fingerprint density at radius 1 is 1.04 bits per heavy atom. The number of rotatable bonds is 9. The normalized spacial score (nSPS) is 34.0. The van der Waals surface area contributed by atoms with E-state index in [4.69, 9.17) is 15.6 Å². The molecule has 1 aliphatic rings. The molecule has 11 N–H and O–H groups in total. The smallest absolute Gasteiger partial charge is 0.251 e. The molecule has 12 nitrogen and oxygen atoms in total. The Hall–Kier alpha value is -0.930. The van der Waals surface area contributed by atoms with Crippen LogP contribution in [0.25, 0.3) is 0 Å². The van der Waals surface area contributed by atoms with E-state index in [1.165, 1.54) is 0 Å². The number of aliphatic hydroxyl groups excluding tert-OH is 8. The van der Waals surface area contributed by atoms with Crippen LogP contribution in [0.3, 0.4) is 0 Å². The van der Waals surface area contributed by atoms with Crippen molar-refractivity contribution < 1.29 is 50.4 Å². The van der Waals surface area contributed by atoms with Gasteiger partial charge in [0.05, 0.1) is 6.61 Å². The first-order chi connectivity index (χ1) is 12.2. The van der Waals surface area contributed by atoms with Gasteiger partial charge in [-0.3, -0.25) is 4.79 Å². The molecule has 0 spiro atoms. The average Bonchev–Trinajstić information content (AvgIpc) is 2.64. The minimum Gasteiger partial charge on any atom is -0.394 e. The Morgan fingerprint density at radius 3 is 2.19 bits per heavy atom. The third-order valence-corrected chi connectivity index (χ3v) is 4.24. The summed E-state index contributed by atoms with van der Waals surface area (Å²) in [6.45, 7) is -0.333. The largest absolute Gasteiger partial charge is 0.394 e. The number of carbonyl (C=O) groups is 1. The van der Waals surface area contributed by atoms with Gasteiger partial charge in [-0.2, -0.15) is 0 Å². The van der Waals surface area contributed by atoms with Gasteiger partial charge >= 0.3 is 0 Å². The van der Waals surface area contributed by atoms with Crippen LogP contribution in [-0.4, -0.2) is 121 Å². The highest BCUT2D eigenvalue weighted by atomic mass is 16.6. The summed E-state index contributed by atoms with van der Waals surface area (Å²) in [6, 6.07) is 0. The number of carbonyl (C=O) groups excluding carboxylic acids is 1. The zero-order chi connectivity index (χ0) is 20.0. The second-order valence-corrected chi connectivity index (χ2v) is 6.14. The predicted octanol–water partition coefficient (Wildman–Crippen LogP) is -6.26. The lowest BCUT2D eigenvalue weighted by Gasteiger charge is -2.43. The van der Waals surface area contributed by atoms with E-state index in [-0.39, 0.29) is 13.1 Å². The van der Waals surface area contributed by atoms with Crippen molar-refractivity contribution >= 4 is 5.91 Å². The molecule has 1 saturated heterocycles. The van der Waals surface area contributed by atoms with Crippen molar-refractivity contribution in [2.24, 2.45) is 5.73 Å². The van der Waals surface area contributed by atoms with Crippen LogP contribution in [0.4, 0.5) is 0 Å². The van der Waals surface area contributed by atoms with Gasteiger partial charge in [0.2, 0.25) is 0 Å². The van der Waals surface area contributed by atoms with Gasteiger partial charge in [-0.1, -0.05) is 0 Å². The van der Waals surface area contributed by atoms with Gasteiger partial charge in [-0.15, -0.1) is 0 Å². The molecule has 0 aromatic carbocycles.